The molecule has 134 valence electrons. The standard InChI is InChI=1S/C17H19NO5S2/c1-13-5-6-16(24-13)17(19)23-12-14-3-2-4-15(11-14)25(20,21)18-7-9-22-10-8-18/h2-6,11H,7-10,12H2,1H3. The van der Waals surface area contributed by atoms with Gasteiger partial charge in [-0.05, 0) is 36.8 Å². The Bertz CT molecular complexity index is 853. The van der Waals surface area contributed by atoms with Crippen LogP contribution in [0.4, 0.5) is 0 Å². The number of rotatable bonds is 5. The smallest absolute Gasteiger partial charge is 0.348 e. The molecule has 3 rings (SSSR count). The van der Waals surface area contributed by atoms with Gasteiger partial charge in [0.1, 0.15) is 11.5 Å². The molecule has 1 saturated heterocycles. The van der Waals surface area contributed by atoms with Crippen molar-refractivity contribution in [2.45, 2.75) is 18.4 Å². The predicted octanol–water partition coefficient (Wildman–Crippen LogP) is 2.43. The number of sulfonamides is 1. The number of aryl methyl sites for hydroxylation is 1. The van der Waals surface area contributed by atoms with Crippen LogP contribution in [0.5, 0.6) is 0 Å². The van der Waals surface area contributed by atoms with E-state index < -0.39 is 16.0 Å². The van der Waals surface area contributed by atoms with E-state index in [1.165, 1.54) is 15.6 Å². The van der Waals surface area contributed by atoms with Gasteiger partial charge in [0, 0.05) is 18.0 Å². The van der Waals surface area contributed by atoms with E-state index in [2.05, 4.69) is 0 Å². The van der Waals surface area contributed by atoms with Crippen molar-refractivity contribution in [3.8, 4) is 0 Å². The average molecular weight is 381 g/mol. The number of carbonyl (C=O) groups is 1. The number of ether oxygens (including phenoxy) is 2. The van der Waals surface area contributed by atoms with Gasteiger partial charge in [-0.15, -0.1) is 11.3 Å². The Morgan fingerprint density at radius 1 is 1.24 bits per heavy atom. The van der Waals surface area contributed by atoms with Crippen LogP contribution in [0, 0.1) is 6.92 Å². The van der Waals surface area contributed by atoms with Crippen LogP contribution in [0.1, 0.15) is 20.1 Å². The number of thiophene rings is 1. The monoisotopic (exact) mass is 381 g/mol. The Balaban J connectivity index is 1.70. The Labute approximate surface area is 151 Å². The number of benzene rings is 1. The first-order valence-electron chi connectivity index (χ1n) is 7.87. The summed E-state index contributed by atoms with van der Waals surface area (Å²) in [4.78, 5) is 13.8. The molecule has 0 aliphatic carbocycles. The molecule has 0 saturated carbocycles. The summed E-state index contributed by atoms with van der Waals surface area (Å²) in [5, 5.41) is 0. The van der Waals surface area contributed by atoms with E-state index in [0.717, 1.165) is 4.88 Å². The van der Waals surface area contributed by atoms with Gasteiger partial charge < -0.3 is 9.47 Å². The van der Waals surface area contributed by atoms with Crippen molar-refractivity contribution < 1.29 is 22.7 Å². The maximum absolute atomic E-state index is 12.7. The molecule has 8 heteroatoms. The fourth-order valence-corrected chi connectivity index (χ4v) is 4.74. The average Bonchev–Trinajstić information content (AvgIpc) is 3.07. The summed E-state index contributed by atoms with van der Waals surface area (Å²) in [6.07, 6.45) is 0. The van der Waals surface area contributed by atoms with Crippen LogP contribution < -0.4 is 0 Å². The first kappa shape index (κ1) is 18.1. The van der Waals surface area contributed by atoms with Gasteiger partial charge in [0.15, 0.2) is 0 Å². The summed E-state index contributed by atoms with van der Waals surface area (Å²) >= 11 is 1.37. The SMILES string of the molecule is Cc1ccc(C(=O)OCc2cccc(S(=O)(=O)N3CCOCC3)c2)s1. The lowest BCUT2D eigenvalue weighted by molar-refractivity contribution is 0.0478. The minimum Gasteiger partial charge on any atom is -0.457 e. The van der Waals surface area contributed by atoms with E-state index in [9.17, 15) is 13.2 Å². The topological polar surface area (TPSA) is 72.9 Å². The first-order chi connectivity index (χ1) is 12.0. The predicted molar refractivity (Wildman–Crippen MR) is 94.2 cm³/mol. The van der Waals surface area contributed by atoms with Gasteiger partial charge in [0.25, 0.3) is 0 Å². The third-order valence-corrected chi connectivity index (χ3v) is 6.69. The highest BCUT2D eigenvalue weighted by Gasteiger charge is 2.26. The van der Waals surface area contributed by atoms with Crippen LogP contribution in [-0.2, 0) is 26.1 Å². The molecule has 0 radical (unpaired) electrons. The molecule has 2 heterocycles. The van der Waals surface area contributed by atoms with Crippen molar-refractivity contribution in [2.24, 2.45) is 0 Å². The summed E-state index contributed by atoms with van der Waals surface area (Å²) in [7, 11) is -3.56. The van der Waals surface area contributed by atoms with Crippen LogP contribution in [0.2, 0.25) is 0 Å². The number of hydrogen-bond acceptors (Lipinski definition) is 6. The molecule has 1 fully saturated rings. The van der Waals surface area contributed by atoms with Crippen LogP contribution in [0.25, 0.3) is 0 Å². The van der Waals surface area contributed by atoms with Gasteiger partial charge in [-0.3, -0.25) is 0 Å². The molecule has 1 aromatic heterocycles. The van der Waals surface area contributed by atoms with Gasteiger partial charge >= 0.3 is 5.97 Å². The summed E-state index contributed by atoms with van der Waals surface area (Å²) < 4.78 is 37.2. The van der Waals surface area contributed by atoms with E-state index in [1.807, 2.05) is 13.0 Å². The molecule has 0 spiro atoms. The molecule has 0 N–H and O–H groups in total. The third-order valence-electron chi connectivity index (χ3n) is 3.82. The number of carbonyl (C=O) groups excluding carboxylic acids is 1. The molecule has 1 aliphatic heterocycles. The van der Waals surface area contributed by atoms with E-state index in [1.54, 1.807) is 30.3 Å². The zero-order chi connectivity index (χ0) is 17.9. The van der Waals surface area contributed by atoms with Crippen molar-refractivity contribution in [3.05, 3.63) is 51.7 Å². The third kappa shape index (κ3) is 4.27. The van der Waals surface area contributed by atoms with Crippen molar-refractivity contribution >= 4 is 27.3 Å². The Morgan fingerprint density at radius 2 is 2.00 bits per heavy atom. The molecular formula is C17H19NO5S2. The maximum Gasteiger partial charge on any atom is 0.348 e. The zero-order valence-corrected chi connectivity index (χ0v) is 15.4. The van der Waals surface area contributed by atoms with Gasteiger partial charge in [-0.1, -0.05) is 12.1 Å². The maximum atomic E-state index is 12.7. The lowest BCUT2D eigenvalue weighted by atomic mass is 10.2. The van der Waals surface area contributed by atoms with Gasteiger partial charge in [0.05, 0.1) is 18.1 Å². The van der Waals surface area contributed by atoms with E-state index >= 15 is 0 Å². The van der Waals surface area contributed by atoms with Crippen LogP contribution in [0.3, 0.4) is 0 Å². The fourth-order valence-electron chi connectivity index (χ4n) is 2.50. The molecular weight excluding hydrogens is 362 g/mol. The normalized spacial score (nSPS) is 15.9. The number of nitrogens with zero attached hydrogens (tertiary/aromatic N) is 1. The highest BCUT2D eigenvalue weighted by atomic mass is 32.2. The van der Waals surface area contributed by atoms with Crippen LogP contribution in [-0.4, -0.2) is 45.0 Å². The fraction of sp³-hybridized carbons (Fsp3) is 0.353. The molecule has 0 atom stereocenters. The number of hydrogen-bond donors (Lipinski definition) is 0. The molecule has 6 nitrogen and oxygen atoms in total. The second-order valence-electron chi connectivity index (χ2n) is 5.65. The van der Waals surface area contributed by atoms with E-state index in [4.69, 9.17) is 9.47 Å². The minimum atomic E-state index is -3.56. The highest BCUT2D eigenvalue weighted by Crippen LogP contribution is 2.20. The first-order valence-corrected chi connectivity index (χ1v) is 10.1. The summed E-state index contributed by atoms with van der Waals surface area (Å²) in [6.45, 7) is 3.44. The second kappa shape index (κ2) is 7.65. The highest BCUT2D eigenvalue weighted by molar-refractivity contribution is 7.89. The van der Waals surface area contributed by atoms with Crippen molar-refractivity contribution in [2.75, 3.05) is 26.3 Å². The zero-order valence-electron chi connectivity index (χ0n) is 13.8. The Morgan fingerprint density at radius 3 is 2.68 bits per heavy atom. The summed E-state index contributed by atoms with van der Waals surface area (Å²) in [5.74, 6) is -0.403. The largest absolute Gasteiger partial charge is 0.457 e. The summed E-state index contributed by atoms with van der Waals surface area (Å²) in [6, 6.07) is 10.1. The molecule has 25 heavy (non-hydrogen) atoms. The summed E-state index contributed by atoms with van der Waals surface area (Å²) in [5.41, 5.74) is 0.635. The molecule has 1 aromatic carbocycles. The second-order valence-corrected chi connectivity index (χ2v) is 8.88. The molecule has 0 amide bonds. The molecule has 1 aliphatic rings. The van der Waals surface area contributed by atoms with Crippen LogP contribution >= 0.6 is 11.3 Å². The van der Waals surface area contributed by atoms with Crippen LogP contribution in [0.15, 0.2) is 41.3 Å². The Kier molecular flexibility index (Phi) is 5.53. The molecule has 2 aromatic rings. The van der Waals surface area contributed by atoms with Gasteiger partial charge in [-0.25, -0.2) is 13.2 Å². The van der Waals surface area contributed by atoms with Gasteiger partial charge in [-0.2, -0.15) is 4.31 Å². The minimum absolute atomic E-state index is 0.0300. The van der Waals surface area contributed by atoms with Crippen molar-refractivity contribution in [1.29, 1.82) is 0 Å². The van der Waals surface area contributed by atoms with Crippen molar-refractivity contribution in [1.82, 2.24) is 4.31 Å². The quantitative estimate of drug-likeness (QED) is 0.744. The number of esters is 1. The van der Waals surface area contributed by atoms with E-state index in [-0.39, 0.29) is 11.5 Å². The number of morpholine rings is 1. The lowest BCUT2D eigenvalue weighted by Crippen LogP contribution is -2.40. The Hall–Kier alpha value is -1.74. The molecule has 0 bridgehead atoms. The lowest BCUT2D eigenvalue weighted by Gasteiger charge is -2.26. The van der Waals surface area contributed by atoms with Crippen molar-refractivity contribution in [3.63, 3.8) is 0 Å². The van der Waals surface area contributed by atoms with Gasteiger partial charge in [0.2, 0.25) is 10.0 Å². The van der Waals surface area contributed by atoms with E-state index in [0.29, 0.717) is 36.7 Å². The molecule has 0 unspecified atom stereocenters.